The Labute approximate surface area is 116 Å². The van der Waals surface area contributed by atoms with E-state index in [1.165, 1.54) is 5.56 Å². The molecule has 2 nitrogen and oxygen atoms in total. The molecule has 0 bridgehead atoms. The summed E-state index contributed by atoms with van der Waals surface area (Å²) in [4.78, 5) is 0. The lowest BCUT2D eigenvalue weighted by Gasteiger charge is -2.29. The highest BCUT2D eigenvalue weighted by molar-refractivity contribution is 6.30. The summed E-state index contributed by atoms with van der Waals surface area (Å²) < 4.78 is 5.42. The molecule has 0 amide bonds. The van der Waals surface area contributed by atoms with E-state index in [0.29, 0.717) is 0 Å². The largest absolute Gasteiger partial charge is 0.496 e. The highest BCUT2D eigenvalue weighted by atomic mass is 35.5. The average Bonchev–Trinajstić information content (AvgIpc) is 2.37. The third-order valence-corrected chi connectivity index (χ3v) is 3.75. The Morgan fingerprint density at radius 1 is 1.33 bits per heavy atom. The Kier molecular flexibility index (Phi) is 5.97. The molecule has 1 unspecified atom stereocenters. The first-order chi connectivity index (χ1) is 8.54. The molecule has 0 fully saturated rings. The van der Waals surface area contributed by atoms with Crippen molar-refractivity contribution in [3.8, 4) is 5.75 Å². The van der Waals surface area contributed by atoms with Crippen molar-refractivity contribution in [1.82, 2.24) is 5.32 Å². The van der Waals surface area contributed by atoms with E-state index in [4.69, 9.17) is 16.3 Å². The van der Waals surface area contributed by atoms with E-state index in [2.05, 4.69) is 26.1 Å². The fourth-order valence-electron chi connectivity index (χ4n) is 2.08. The van der Waals surface area contributed by atoms with Crippen molar-refractivity contribution in [1.29, 1.82) is 0 Å². The second kappa shape index (κ2) is 7.01. The maximum atomic E-state index is 6.08. The summed E-state index contributed by atoms with van der Waals surface area (Å²) in [5.74, 6) is 0.926. The van der Waals surface area contributed by atoms with Crippen LogP contribution in [0, 0.1) is 5.41 Å². The lowest BCUT2D eigenvalue weighted by molar-refractivity contribution is 0.288. The summed E-state index contributed by atoms with van der Waals surface area (Å²) in [6.45, 7) is 8.68. The first kappa shape index (κ1) is 15.3. The molecule has 3 heteroatoms. The van der Waals surface area contributed by atoms with E-state index in [9.17, 15) is 0 Å². The predicted molar refractivity (Wildman–Crippen MR) is 78.6 cm³/mol. The second-order valence-electron chi connectivity index (χ2n) is 5.08. The van der Waals surface area contributed by atoms with E-state index >= 15 is 0 Å². The van der Waals surface area contributed by atoms with Gasteiger partial charge in [-0.05, 0) is 48.6 Å². The molecule has 1 rings (SSSR count). The maximum Gasteiger partial charge on any atom is 0.122 e. The van der Waals surface area contributed by atoms with Gasteiger partial charge in [0.05, 0.1) is 7.11 Å². The molecule has 102 valence electrons. The minimum atomic E-state index is 0.230. The van der Waals surface area contributed by atoms with Crippen LogP contribution >= 0.6 is 11.6 Å². The molecule has 1 aromatic carbocycles. The predicted octanol–water partition coefficient (Wildman–Crippen LogP) is 3.92. The number of methoxy groups -OCH3 is 1. The summed E-state index contributed by atoms with van der Waals surface area (Å²) in [5, 5.41) is 4.21. The van der Waals surface area contributed by atoms with E-state index in [1.54, 1.807) is 7.11 Å². The van der Waals surface area contributed by atoms with Crippen LogP contribution in [0.2, 0.25) is 5.02 Å². The van der Waals surface area contributed by atoms with Crippen molar-refractivity contribution in [3.63, 3.8) is 0 Å². The molecule has 0 aromatic heterocycles. The fraction of sp³-hybridized carbons (Fsp3) is 0.600. The highest BCUT2D eigenvalue weighted by Gasteiger charge is 2.23. The molecule has 0 aliphatic carbocycles. The van der Waals surface area contributed by atoms with Gasteiger partial charge in [0.25, 0.3) is 0 Å². The van der Waals surface area contributed by atoms with Crippen LogP contribution < -0.4 is 10.1 Å². The van der Waals surface area contributed by atoms with Gasteiger partial charge in [-0.2, -0.15) is 0 Å². The molecule has 18 heavy (non-hydrogen) atoms. The molecule has 0 heterocycles. The van der Waals surface area contributed by atoms with E-state index in [1.807, 2.05) is 18.2 Å². The van der Waals surface area contributed by atoms with Crippen LogP contribution in [-0.2, 0) is 6.42 Å². The number of rotatable bonds is 7. The summed E-state index contributed by atoms with van der Waals surface area (Å²) in [7, 11) is 1.71. The van der Waals surface area contributed by atoms with Crippen molar-refractivity contribution < 1.29 is 4.74 Å². The van der Waals surface area contributed by atoms with Gasteiger partial charge in [0.15, 0.2) is 0 Å². The Hall–Kier alpha value is -0.730. The maximum absolute atomic E-state index is 6.08. The molecule has 1 N–H and O–H groups in total. The number of hydrogen-bond acceptors (Lipinski definition) is 2. The summed E-state index contributed by atoms with van der Waals surface area (Å²) in [6.07, 6.45) is 2.09. The average molecular weight is 270 g/mol. The molecule has 0 aliphatic rings. The zero-order valence-electron chi connectivity index (χ0n) is 11.8. The fourth-order valence-corrected chi connectivity index (χ4v) is 2.28. The number of halogens is 1. The van der Waals surface area contributed by atoms with Gasteiger partial charge in [-0.1, -0.05) is 32.4 Å². The lowest BCUT2D eigenvalue weighted by Crippen LogP contribution is -2.33. The van der Waals surface area contributed by atoms with Gasteiger partial charge in [-0.25, -0.2) is 0 Å². The van der Waals surface area contributed by atoms with Crippen molar-refractivity contribution in [2.45, 2.75) is 33.6 Å². The van der Waals surface area contributed by atoms with Gasteiger partial charge in [0, 0.05) is 11.6 Å². The first-order valence-electron chi connectivity index (χ1n) is 6.57. The third kappa shape index (κ3) is 4.18. The quantitative estimate of drug-likeness (QED) is 0.810. The monoisotopic (exact) mass is 269 g/mol. The minimum Gasteiger partial charge on any atom is -0.496 e. The Balaban J connectivity index is 2.89. The van der Waals surface area contributed by atoms with Crippen LogP contribution in [0.25, 0.3) is 0 Å². The minimum absolute atomic E-state index is 0.230. The molecule has 1 atom stereocenters. The van der Waals surface area contributed by atoms with Crippen molar-refractivity contribution >= 4 is 11.6 Å². The van der Waals surface area contributed by atoms with Crippen LogP contribution in [0.4, 0.5) is 0 Å². The van der Waals surface area contributed by atoms with Gasteiger partial charge in [-0.3, -0.25) is 0 Å². The Morgan fingerprint density at radius 3 is 2.61 bits per heavy atom. The lowest BCUT2D eigenvalue weighted by atomic mass is 9.81. The van der Waals surface area contributed by atoms with Crippen LogP contribution in [-0.4, -0.2) is 20.2 Å². The molecule has 0 saturated heterocycles. The molecule has 0 spiro atoms. The number of nitrogens with one attached hydrogen (secondary N) is 1. The SMILES string of the molecule is CCNCC(C)(CC)Cc1cc(Cl)ccc1OC. The molecule has 1 aromatic rings. The smallest absolute Gasteiger partial charge is 0.122 e. The van der Waals surface area contributed by atoms with Gasteiger partial charge in [0.1, 0.15) is 5.75 Å². The van der Waals surface area contributed by atoms with Gasteiger partial charge < -0.3 is 10.1 Å². The highest BCUT2D eigenvalue weighted by Crippen LogP contribution is 2.32. The van der Waals surface area contributed by atoms with E-state index in [-0.39, 0.29) is 5.41 Å². The van der Waals surface area contributed by atoms with Crippen molar-refractivity contribution in [3.05, 3.63) is 28.8 Å². The van der Waals surface area contributed by atoms with Crippen molar-refractivity contribution in [2.75, 3.05) is 20.2 Å². The second-order valence-corrected chi connectivity index (χ2v) is 5.51. The number of ether oxygens (including phenoxy) is 1. The first-order valence-corrected chi connectivity index (χ1v) is 6.95. The topological polar surface area (TPSA) is 21.3 Å². The van der Waals surface area contributed by atoms with Crippen LogP contribution in [0.5, 0.6) is 5.75 Å². The van der Waals surface area contributed by atoms with Crippen LogP contribution in [0.3, 0.4) is 0 Å². The Bertz CT molecular complexity index is 381. The van der Waals surface area contributed by atoms with Gasteiger partial charge in [0.2, 0.25) is 0 Å². The van der Waals surface area contributed by atoms with Crippen LogP contribution in [0.15, 0.2) is 18.2 Å². The molecule has 0 aliphatic heterocycles. The zero-order chi connectivity index (χ0) is 13.6. The molecule has 0 saturated carbocycles. The summed E-state index contributed by atoms with van der Waals surface area (Å²) in [5.41, 5.74) is 1.42. The molecular weight excluding hydrogens is 246 g/mol. The Morgan fingerprint density at radius 2 is 2.06 bits per heavy atom. The van der Waals surface area contributed by atoms with Gasteiger partial charge >= 0.3 is 0 Å². The van der Waals surface area contributed by atoms with Crippen LogP contribution in [0.1, 0.15) is 32.8 Å². The molecule has 0 radical (unpaired) electrons. The summed E-state index contributed by atoms with van der Waals surface area (Å²) in [6, 6.07) is 5.83. The van der Waals surface area contributed by atoms with E-state index in [0.717, 1.165) is 36.7 Å². The normalized spacial score (nSPS) is 14.3. The van der Waals surface area contributed by atoms with Crippen molar-refractivity contribution in [2.24, 2.45) is 5.41 Å². The number of hydrogen-bond donors (Lipinski definition) is 1. The third-order valence-electron chi connectivity index (χ3n) is 3.52. The van der Waals surface area contributed by atoms with E-state index < -0.39 is 0 Å². The summed E-state index contributed by atoms with van der Waals surface area (Å²) >= 11 is 6.08. The zero-order valence-corrected chi connectivity index (χ0v) is 12.6. The van der Waals surface area contributed by atoms with Gasteiger partial charge in [-0.15, -0.1) is 0 Å². The standard InChI is InChI=1S/C15H24ClNO/c1-5-15(3,11-17-6-2)10-12-9-13(16)7-8-14(12)18-4/h7-9,17H,5-6,10-11H2,1-4H3. The number of benzene rings is 1. The molecular formula is C15H24ClNO.